The molecule has 0 saturated carbocycles. The van der Waals surface area contributed by atoms with Gasteiger partial charge in [-0.15, -0.1) is 0 Å². The van der Waals surface area contributed by atoms with E-state index in [1.165, 1.54) is 0 Å². The first-order valence-corrected chi connectivity index (χ1v) is 5.80. The second kappa shape index (κ2) is 6.69. The summed E-state index contributed by atoms with van der Waals surface area (Å²) in [6, 6.07) is -3.64. The van der Waals surface area contributed by atoms with E-state index < -0.39 is 46.5 Å². The molecular formula is C8H11ClN10O4. The SMILES string of the molecule is NC(=O)NC(=O)c1nc(Cl)c(N(N)C(N)=O)nc1N(N)C(N)=O. The summed E-state index contributed by atoms with van der Waals surface area (Å²) in [4.78, 5) is 52.0. The second-order valence-corrected chi connectivity index (χ2v) is 4.10. The summed E-state index contributed by atoms with van der Waals surface area (Å²) < 4.78 is 0. The highest BCUT2D eigenvalue weighted by Crippen LogP contribution is 2.25. The molecule has 7 amide bonds. The molecule has 0 spiro atoms. The number of anilines is 2. The van der Waals surface area contributed by atoms with E-state index >= 15 is 0 Å². The lowest BCUT2D eigenvalue weighted by Crippen LogP contribution is -2.46. The third-order valence-electron chi connectivity index (χ3n) is 2.20. The molecule has 0 aliphatic heterocycles. The van der Waals surface area contributed by atoms with Gasteiger partial charge in [0.15, 0.2) is 22.5 Å². The summed E-state index contributed by atoms with van der Waals surface area (Å²) >= 11 is 5.73. The van der Waals surface area contributed by atoms with Gasteiger partial charge in [0.25, 0.3) is 5.91 Å². The van der Waals surface area contributed by atoms with Gasteiger partial charge in [-0.1, -0.05) is 11.6 Å². The van der Waals surface area contributed by atoms with Crippen molar-refractivity contribution in [2.24, 2.45) is 28.9 Å². The number of amides is 7. The van der Waals surface area contributed by atoms with Gasteiger partial charge in [0.05, 0.1) is 0 Å². The molecule has 1 rings (SSSR count). The maximum atomic E-state index is 11.8. The van der Waals surface area contributed by atoms with E-state index in [0.29, 0.717) is 0 Å². The summed E-state index contributed by atoms with van der Waals surface area (Å²) in [5.74, 6) is 8.28. The molecule has 1 aromatic heterocycles. The summed E-state index contributed by atoms with van der Waals surface area (Å²) in [5.41, 5.74) is 14.0. The fourth-order valence-electron chi connectivity index (χ4n) is 1.25. The third kappa shape index (κ3) is 3.90. The van der Waals surface area contributed by atoms with Gasteiger partial charge in [0.2, 0.25) is 0 Å². The number of rotatable bonds is 3. The summed E-state index contributed by atoms with van der Waals surface area (Å²) in [6.45, 7) is 0. The van der Waals surface area contributed by atoms with Crippen LogP contribution in [0.5, 0.6) is 0 Å². The quantitative estimate of drug-likeness (QED) is 0.193. The lowest BCUT2D eigenvalue weighted by atomic mass is 10.3. The van der Waals surface area contributed by atoms with Crippen molar-refractivity contribution in [1.82, 2.24) is 15.3 Å². The molecule has 0 saturated heterocycles. The van der Waals surface area contributed by atoms with Crippen LogP contribution in [0.3, 0.4) is 0 Å². The number of nitrogens with one attached hydrogen (secondary N) is 1. The van der Waals surface area contributed by atoms with Crippen LogP contribution in [-0.4, -0.2) is 34.0 Å². The van der Waals surface area contributed by atoms with Crippen molar-refractivity contribution in [3.8, 4) is 0 Å². The smallest absolute Gasteiger partial charge is 0.335 e. The molecule has 0 aromatic carbocycles. The average molecular weight is 347 g/mol. The number of carbonyl (C=O) groups excluding carboxylic acids is 4. The number of carbonyl (C=O) groups is 4. The first-order valence-electron chi connectivity index (χ1n) is 5.43. The van der Waals surface area contributed by atoms with Crippen molar-refractivity contribution in [3.05, 3.63) is 10.8 Å². The first kappa shape index (κ1) is 17.8. The summed E-state index contributed by atoms with van der Waals surface area (Å²) in [6.07, 6.45) is 0. The van der Waals surface area contributed by atoms with Gasteiger partial charge in [-0.2, -0.15) is 0 Å². The van der Waals surface area contributed by atoms with Crippen LogP contribution in [0, 0.1) is 0 Å². The van der Waals surface area contributed by atoms with Crippen LogP contribution in [0.25, 0.3) is 0 Å². The number of hydrogen-bond donors (Lipinski definition) is 6. The standard InChI is InChI=1S/C8H11ClN10O4/c9-2-4(19(14)8(12)23)16-3(18(13)7(11)22)1(15-2)5(20)17-6(10)21/h13-14H2,(H2,11,22)(H2,12,23)(H3,10,17,20,21). The number of aromatic nitrogens is 2. The van der Waals surface area contributed by atoms with Gasteiger partial charge >= 0.3 is 18.1 Å². The summed E-state index contributed by atoms with van der Waals surface area (Å²) in [5, 5.41) is 1.59. The number of hydrogen-bond acceptors (Lipinski definition) is 8. The molecule has 0 bridgehead atoms. The molecule has 0 fully saturated rings. The van der Waals surface area contributed by atoms with Crippen molar-refractivity contribution < 1.29 is 19.2 Å². The monoisotopic (exact) mass is 346 g/mol. The Labute approximate surface area is 132 Å². The van der Waals surface area contributed by atoms with Crippen LogP contribution in [0.15, 0.2) is 0 Å². The van der Waals surface area contributed by atoms with Gasteiger partial charge in [-0.25, -0.2) is 46.1 Å². The van der Waals surface area contributed by atoms with E-state index in [1.54, 1.807) is 5.32 Å². The van der Waals surface area contributed by atoms with E-state index in [-0.39, 0.29) is 10.0 Å². The molecular weight excluding hydrogens is 336 g/mol. The van der Waals surface area contributed by atoms with Gasteiger partial charge in [-0.05, 0) is 0 Å². The van der Waals surface area contributed by atoms with Crippen LogP contribution in [-0.2, 0) is 0 Å². The van der Waals surface area contributed by atoms with Crippen molar-refractivity contribution >= 4 is 47.2 Å². The van der Waals surface area contributed by atoms with Gasteiger partial charge in [0, 0.05) is 0 Å². The molecule has 0 radical (unpaired) electrons. The highest BCUT2D eigenvalue weighted by atomic mass is 35.5. The highest BCUT2D eigenvalue weighted by molar-refractivity contribution is 6.32. The molecule has 11 N–H and O–H groups in total. The molecule has 0 aliphatic rings. The molecule has 1 aromatic rings. The number of nitrogens with zero attached hydrogens (tertiary/aromatic N) is 4. The van der Waals surface area contributed by atoms with E-state index in [2.05, 4.69) is 9.97 Å². The van der Waals surface area contributed by atoms with E-state index in [1.807, 2.05) is 0 Å². The Hall–Kier alpha value is -3.23. The summed E-state index contributed by atoms with van der Waals surface area (Å²) in [7, 11) is 0. The minimum atomic E-state index is -1.25. The minimum Gasteiger partial charge on any atom is -0.351 e. The molecule has 124 valence electrons. The molecule has 0 unspecified atom stereocenters. The normalized spacial score (nSPS) is 9.87. The van der Waals surface area contributed by atoms with E-state index in [4.69, 9.17) is 40.5 Å². The van der Waals surface area contributed by atoms with Crippen molar-refractivity contribution in [2.75, 3.05) is 10.0 Å². The van der Waals surface area contributed by atoms with E-state index in [9.17, 15) is 19.2 Å². The van der Waals surface area contributed by atoms with Gasteiger partial charge in [0.1, 0.15) is 0 Å². The zero-order valence-electron chi connectivity index (χ0n) is 11.2. The fraction of sp³-hybridized carbons (Fsp3) is 0. The van der Waals surface area contributed by atoms with Crippen LogP contribution < -0.4 is 44.2 Å². The number of urea groups is 3. The Morgan fingerprint density at radius 2 is 1.39 bits per heavy atom. The number of primary amides is 3. The maximum absolute atomic E-state index is 11.8. The largest absolute Gasteiger partial charge is 0.351 e. The van der Waals surface area contributed by atoms with Crippen LogP contribution in [0.1, 0.15) is 10.5 Å². The minimum absolute atomic E-state index is 0.206. The molecule has 0 aliphatic carbocycles. The van der Waals surface area contributed by atoms with Gasteiger partial charge < -0.3 is 17.2 Å². The Kier molecular flexibility index (Phi) is 5.18. The molecule has 14 nitrogen and oxygen atoms in total. The molecule has 15 heteroatoms. The number of hydrazine groups is 2. The Bertz CT molecular complexity index is 694. The lowest BCUT2D eigenvalue weighted by molar-refractivity contribution is 0.0961. The van der Waals surface area contributed by atoms with Crippen molar-refractivity contribution in [2.45, 2.75) is 0 Å². The van der Waals surface area contributed by atoms with Crippen LogP contribution in [0.2, 0.25) is 5.15 Å². The topological polar surface area (TPSA) is 243 Å². The number of halogens is 1. The first-order chi connectivity index (χ1) is 10.6. The third-order valence-corrected chi connectivity index (χ3v) is 2.45. The molecule has 0 atom stereocenters. The van der Waals surface area contributed by atoms with Crippen molar-refractivity contribution in [3.63, 3.8) is 0 Å². The Morgan fingerprint density at radius 1 is 0.913 bits per heavy atom. The van der Waals surface area contributed by atoms with Crippen LogP contribution in [0.4, 0.5) is 26.0 Å². The van der Waals surface area contributed by atoms with Crippen LogP contribution >= 0.6 is 11.6 Å². The van der Waals surface area contributed by atoms with Gasteiger partial charge in [-0.3, -0.25) is 10.1 Å². The Morgan fingerprint density at radius 3 is 1.83 bits per heavy atom. The predicted octanol–water partition coefficient (Wildman–Crippen LogP) is -2.54. The van der Waals surface area contributed by atoms with Crippen molar-refractivity contribution in [1.29, 1.82) is 0 Å². The average Bonchev–Trinajstić information content (AvgIpc) is 2.44. The fourth-order valence-corrected chi connectivity index (χ4v) is 1.47. The highest BCUT2D eigenvalue weighted by Gasteiger charge is 2.27. The predicted molar refractivity (Wildman–Crippen MR) is 76.6 cm³/mol. The zero-order chi connectivity index (χ0) is 17.9. The second-order valence-electron chi connectivity index (χ2n) is 3.75. The maximum Gasteiger partial charge on any atom is 0.335 e. The molecule has 1 heterocycles. The van der Waals surface area contributed by atoms with E-state index in [0.717, 1.165) is 0 Å². The molecule has 23 heavy (non-hydrogen) atoms. The lowest BCUT2D eigenvalue weighted by Gasteiger charge is -2.19. The number of nitrogens with two attached hydrogens (primary N) is 5. The Balaban J connectivity index is 3.54. The number of imide groups is 1. The zero-order valence-corrected chi connectivity index (χ0v) is 11.9.